The molecule has 0 radical (unpaired) electrons. The van der Waals surface area contributed by atoms with Crippen molar-refractivity contribution in [1.82, 2.24) is 5.32 Å². The fraction of sp³-hybridized carbons (Fsp3) is 0.909. The Morgan fingerprint density at radius 3 is 2.39 bits per heavy atom. The van der Waals surface area contributed by atoms with Gasteiger partial charge in [-0.2, -0.15) is 0 Å². The Balaban J connectivity index is 2.41. The van der Waals surface area contributed by atoms with Crippen molar-refractivity contribution in [3.8, 4) is 0 Å². The fourth-order valence-electron chi connectivity index (χ4n) is 1.71. The summed E-state index contributed by atoms with van der Waals surface area (Å²) in [7, 11) is 1.72. The van der Waals surface area contributed by atoms with Gasteiger partial charge in [-0.25, -0.2) is 13.2 Å². The molecule has 1 amide bonds. The van der Waals surface area contributed by atoms with Crippen molar-refractivity contribution in [3.05, 3.63) is 0 Å². The van der Waals surface area contributed by atoms with Crippen LogP contribution in [0, 0.1) is 11.8 Å². The third kappa shape index (κ3) is 7.06. The Bertz CT molecular complexity index is 398. The van der Waals surface area contributed by atoms with Crippen molar-refractivity contribution in [3.63, 3.8) is 0 Å². The fourth-order valence-corrected chi connectivity index (χ4v) is 3.10. The van der Waals surface area contributed by atoms with E-state index in [1.165, 1.54) is 0 Å². The van der Waals surface area contributed by atoms with Crippen LogP contribution in [-0.2, 0) is 13.8 Å². The van der Waals surface area contributed by atoms with E-state index in [0.717, 1.165) is 12.8 Å². The summed E-state index contributed by atoms with van der Waals surface area (Å²) in [5.41, 5.74) is -0.558. The van der Waals surface area contributed by atoms with Crippen LogP contribution in [0.5, 0.6) is 0 Å². The lowest BCUT2D eigenvalue weighted by atomic mass is 10.1. The highest BCUT2D eigenvalue weighted by Gasteiger charge is 2.34. The van der Waals surface area contributed by atoms with Crippen LogP contribution in [0.4, 0.5) is 4.79 Å². The second kappa shape index (κ2) is 5.65. The van der Waals surface area contributed by atoms with Gasteiger partial charge < -0.3 is 10.1 Å². The van der Waals surface area contributed by atoms with Crippen LogP contribution in [-0.4, -0.2) is 32.4 Å². The molecule has 5 nitrogen and oxygen atoms in total. The molecule has 1 atom stereocenters. The van der Waals surface area contributed by atoms with Gasteiger partial charge in [-0.15, -0.1) is 0 Å². The van der Waals surface area contributed by atoms with E-state index in [4.69, 9.17) is 15.4 Å². The van der Waals surface area contributed by atoms with E-state index >= 15 is 0 Å². The van der Waals surface area contributed by atoms with Crippen LogP contribution in [0.15, 0.2) is 0 Å². The Morgan fingerprint density at radius 2 is 2.00 bits per heavy atom. The molecule has 1 unspecified atom stereocenters. The number of rotatable bonds is 5. The summed E-state index contributed by atoms with van der Waals surface area (Å²) in [6.45, 7) is 5.60. The molecule has 0 heterocycles. The molecule has 1 fully saturated rings. The molecule has 0 aromatic rings. The number of ether oxygens (including phenoxy) is 1. The Hall–Kier alpha value is -0.490. The van der Waals surface area contributed by atoms with Crippen molar-refractivity contribution in [1.29, 1.82) is 0 Å². The van der Waals surface area contributed by atoms with Gasteiger partial charge in [0.15, 0.2) is 0 Å². The lowest BCUT2D eigenvalue weighted by Gasteiger charge is -2.21. The summed E-state index contributed by atoms with van der Waals surface area (Å²) < 4.78 is 27.2. The quantitative estimate of drug-likeness (QED) is 0.789. The van der Waals surface area contributed by atoms with Gasteiger partial charge in [0.05, 0.1) is 5.75 Å². The molecular formula is C11H20ClNO4S. The van der Waals surface area contributed by atoms with Crippen molar-refractivity contribution >= 4 is 25.8 Å². The molecule has 0 spiro atoms. The minimum Gasteiger partial charge on any atom is -0.444 e. The van der Waals surface area contributed by atoms with Crippen molar-refractivity contribution in [2.75, 3.05) is 12.3 Å². The molecule has 0 aromatic heterocycles. The van der Waals surface area contributed by atoms with Gasteiger partial charge in [-0.3, -0.25) is 0 Å². The van der Waals surface area contributed by atoms with Crippen molar-refractivity contribution < 1.29 is 17.9 Å². The Labute approximate surface area is 113 Å². The minimum atomic E-state index is -3.53. The van der Waals surface area contributed by atoms with Crippen LogP contribution in [0.1, 0.15) is 33.6 Å². The summed E-state index contributed by atoms with van der Waals surface area (Å²) in [6, 6.07) is 0. The molecule has 0 aromatic carbocycles. The zero-order chi connectivity index (χ0) is 14.0. The normalized spacial score (nSPS) is 18.2. The number of nitrogens with one attached hydrogen (secondary N) is 1. The van der Waals surface area contributed by atoms with Gasteiger partial charge in [0.1, 0.15) is 5.60 Å². The summed E-state index contributed by atoms with van der Waals surface area (Å²) >= 11 is 0. The van der Waals surface area contributed by atoms with Crippen molar-refractivity contribution in [2.24, 2.45) is 11.8 Å². The highest BCUT2D eigenvalue weighted by molar-refractivity contribution is 8.13. The zero-order valence-corrected chi connectivity index (χ0v) is 12.5. The monoisotopic (exact) mass is 297 g/mol. The summed E-state index contributed by atoms with van der Waals surface area (Å²) in [5.74, 6) is 0.114. The van der Waals surface area contributed by atoms with E-state index in [9.17, 15) is 13.2 Å². The first-order chi connectivity index (χ1) is 8.07. The van der Waals surface area contributed by atoms with Gasteiger partial charge in [-0.1, -0.05) is 0 Å². The van der Waals surface area contributed by atoms with Crippen LogP contribution in [0.25, 0.3) is 0 Å². The number of carbonyl (C=O) groups excluding carboxylic acids is 1. The van der Waals surface area contributed by atoms with Gasteiger partial charge >= 0.3 is 6.09 Å². The van der Waals surface area contributed by atoms with Crippen molar-refractivity contribution in [2.45, 2.75) is 39.2 Å². The van der Waals surface area contributed by atoms with E-state index in [1.54, 1.807) is 20.8 Å². The number of amides is 1. The minimum absolute atomic E-state index is 0.102. The van der Waals surface area contributed by atoms with E-state index in [2.05, 4.69) is 5.32 Å². The first-order valence-corrected chi connectivity index (χ1v) is 8.44. The summed E-state index contributed by atoms with van der Waals surface area (Å²) in [5, 5.41) is 2.60. The molecule has 7 heteroatoms. The van der Waals surface area contributed by atoms with E-state index in [0.29, 0.717) is 5.92 Å². The van der Waals surface area contributed by atoms with Gasteiger partial charge in [-0.05, 0) is 45.4 Å². The third-order valence-electron chi connectivity index (χ3n) is 2.61. The van der Waals surface area contributed by atoms with Crippen LogP contribution in [0.2, 0.25) is 0 Å². The maximum atomic E-state index is 11.5. The van der Waals surface area contributed by atoms with Crippen LogP contribution < -0.4 is 5.32 Å². The number of carbonyl (C=O) groups is 1. The number of halogens is 1. The molecule has 1 aliphatic carbocycles. The molecule has 0 saturated heterocycles. The second-order valence-electron chi connectivity index (χ2n) is 5.69. The maximum Gasteiger partial charge on any atom is 0.407 e. The number of hydrogen-bond acceptors (Lipinski definition) is 4. The predicted molar refractivity (Wildman–Crippen MR) is 70.1 cm³/mol. The molecule has 1 saturated carbocycles. The molecule has 106 valence electrons. The molecular weight excluding hydrogens is 278 g/mol. The topological polar surface area (TPSA) is 72.5 Å². The maximum absolute atomic E-state index is 11.5. The highest BCUT2D eigenvalue weighted by atomic mass is 35.7. The molecule has 0 bridgehead atoms. The predicted octanol–water partition coefficient (Wildman–Crippen LogP) is 2.11. The Morgan fingerprint density at radius 1 is 1.44 bits per heavy atom. The Kier molecular flexibility index (Phi) is 4.89. The van der Waals surface area contributed by atoms with Crippen LogP contribution >= 0.6 is 10.7 Å². The average Bonchev–Trinajstić information content (AvgIpc) is 2.90. The lowest BCUT2D eigenvalue weighted by molar-refractivity contribution is 0.0519. The van der Waals surface area contributed by atoms with E-state index in [1.807, 2.05) is 0 Å². The third-order valence-corrected chi connectivity index (χ3v) is 3.81. The first-order valence-electron chi connectivity index (χ1n) is 5.96. The van der Waals surface area contributed by atoms with E-state index in [-0.39, 0.29) is 18.2 Å². The highest BCUT2D eigenvalue weighted by Crippen LogP contribution is 2.37. The molecule has 18 heavy (non-hydrogen) atoms. The summed E-state index contributed by atoms with van der Waals surface area (Å²) in [6.07, 6.45) is 1.46. The van der Waals surface area contributed by atoms with Gasteiger partial charge in [0.25, 0.3) is 0 Å². The smallest absolute Gasteiger partial charge is 0.407 e. The molecule has 1 rings (SSSR count). The summed E-state index contributed by atoms with van der Waals surface area (Å²) in [4.78, 5) is 11.5. The SMILES string of the molecule is CC(C)(C)OC(=O)NCC(CS(=O)(=O)Cl)C1CC1. The zero-order valence-electron chi connectivity index (χ0n) is 10.9. The molecule has 1 aliphatic rings. The van der Waals surface area contributed by atoms with Gasteiger partial charge in [0.2, 0.25) is 9.05 Å². The lowest BCUT2D eigenvalue weighted by Crippen LogP contribution is -2.37. The largest absolute Gasteiger partial charge is 0.444 e. The number of hydrogen-bond donors (Lipinski definition) is 1. The molecule has 0 aliphatic heterocycles. The standard InChI is InChI=1S/C11H20ClNO4S/c1-11(2,3)17-10(14)13-6-9(8-4-5-8)7-18(12,15)16/h8-9H,4-7H2,1-3H3,(H,13,14). The second-order valence-corrected chi connectivity index (χ2v) is 8.51. The average molecular weight is 298 g/mol. The van der Waals surface area contributed by atoms with E-state index < -0.39 is 20.7 Å². The number of alkyl carbamates (subject to hydrolysis) is 1. The van der Waals surface area contributed by atoms with Gasteiger partial charge in [0, 0.05) is 17.2 Å². The van der Waals surface area contributed by atoms with Crippen LogP contribution in [0.3, 0.4) is 0 Å². The molecule has 1 N–H and O–H groups in total. The first kappa shape index (κ1) is 15.6.